The Bertz CT molecular complexity index is 217. The van der Waals surface area contributed by atoms with Gasteiger partial charge in [0.2, 0.25) is 0 Å². The molecule has 16 heavy (non-hydrogen) atoms. The Morgan fingerprint density at radius 2 is 1.75 bits per heavy atom. The van der Waals surface area contributed by atoms with Crippen LogP contribution in [0.15, 0.2) is 0 Å². The minimum Gasteiger partial charge on any atom is -0.311 e. The van der Waals surface area contributed by atoms with Gasteiger partial charge in [-0.1, -0.05) is 40.5 Å². The van der Waals surface area contributed by atoms with Crippen LogP contribution in [0.4, 0.5) is 0 Å². The van der Waals surface area contributed by atoms with Crippen LogP contribution < -0.4 is 5.32 Å². The van der Waals surface area contributed by atoms with Gasteiger partial charge in [-0.15, -0.1) is 0 Å². The molecule has 94 valence electrons. The average Bonchev–Trinajstić information content (AvgIpc) is 2.16. The third-order valence-corrected chi connectivity index (χ3v) is 5.27. The Labute approximate surface area is 101 Å². The highest BCUT2D eigenvalue weighted by atomic mass is 15.0. The van der Waals surface area contributed by atoms with Gasteiger partial charge >= 0.3 is 0 Å². The lowest BCUT2D eigenvalue weighted by atomic mass is 9.72. The van der Waals surface area contributed by atoms with E-state index in [0.717, 1.165) is 35.8 Å². The molecule has 2 aliphatic rings. The highest BCUT2D eigenvalue weighted by molar-refractivity contribution is 4.91. The van der Waals surface area contributed by atoms with E-state index in [2.05, 4.69) is 33.0 Å². The van der Waals surface area contributed by atoms with Gasteiger partial charge in [0.15, 0.2) is 0 Å². The van der Waals surface area contributed by atoms with Gasteiger partial charge < -0.3 is 5.32 Å². The van der Waals surface area contributed by atoms with Crippen LogP contribution in [0, 0.1) is 23.7 Å². The third-order valence-electron chi connectivity index (χ3n) is 5.27. The highest BCUT2D eigenvalue weighted by Crippen LogP contribution is 2.36. The van der Waals surface area contributed by atoms with E-state index in [1.807, 2.05) is 0 Å². The van der Waals surface area contributed by atoms with Crippen molar-refractivity contribution in [1.29, 1.82) is 0 Å². The first-order chi connectivity index (χ1) is 7.58. The maximum absolute atomic E-state index is 3.92. The van der Waals surface area contributed by atoms with E-state index in [1.54, 1.807) is 0 Å². The minimum atomic E-state index is 0.807. The van der Waals surface area contributed by atoms with Crippen molar-refractivity contribution in [2.75, 3.05) is 0 Å². The molecule has 2 rings (SSSR count). The molecule has 0 aliphatic heterocycles. The van der Waals surface area contributed by atoms with E-state index in [9.17, 15) is 0 Å². The fourth-order valence-electron chi connectivity index (χ4n) is 3.46. The zero-order chi connectivity index (χ0) is 11.7. The standard InChI is InChI=1S/C15H29N/c1-10(2)13-8-14(9-13)16-15-7-5-6-11(3)12(15)4/h10-16H,5-9H2,1-4H3. The lowest BCUT2D eigenvalue weighted by Gasteiger charge is -2.44. The molecule has 1 heteroatoms. The molecule has 2 aliphatic carbocycles. The van der Waals surface area contributed by atoms with Gasteiger partial charge in [-0.05, 0) is 42.9 Å². The van der Waals surface area contributed by atoms with Gasteiger partial charge in [0.05, 0.1) is 0 Å². The number of nitrogens with one attached hydrogen (secondary N) is 1. The predicted octanol–water partition coefficient (Wildman–Crippen LogP) is 3.84. The molecule has 0 saturated heterocycles. The second-order valence-corrected chi connectivity index (χ2v) is 6.71. The molecule has 0 radical (unpaired) electrons. The summed E-state index contributed by atoms with van der Waals surface area (Å²) < 4.78 is 0. The normalized spacial score (nSPS) is 44.4. The molecule has 2 fully saturated rings. The van der Waals surface area contributed by atoms with Crippen LogP contribution in [0.3, 0.4) is 0 Å². The van der Waals surface area contributed by atoms with Gasteiger partial charge in [0.25, 0.3) is 0 Å². The maximum atomic E-state index is 3.92. The number of hydrogen-bond donors (Lipinski definition) is 1. The van der Waals surface area contributed by atoms with E-state index >= 15 is 0 Å². The molecule has 3 atom stereocenters. The summed E-state index contributed by atoms with van der Waals surface area (Å²) in [7, 11) is 0. The van der Waals surface area contributed by atoms with E-state index in [-0.39, 0.29) is 0 Å². The molecule has 0 aromatic heterocycles. The van der Waals surface area contributed by atoms with Crippen LogP contribution in [0.25, 0.3) is 0 Å². The Kier molecular flexibility index (Phi) is 3.94. The SMILES string of the molecule is CC(C)C1CC(NC2CCCC(C)C2C)C1. The molecule has 0 aromatic rings. The smallest absolute Gasteiger partial charge is 0.00978 e. The fraction of sp³-hybridized carbons (Fsp3) is 1.00. The molecule has 2 saturated carbocycles. The zero-order valence-corrected chi connectivity index (χ0v) is 11.5. The van der Waals surface area contributed by atoms with Gasteiger partial charge in [-0.3, -0.25) is 0 Å². The Balaban J connectivity index is 1.74. The predicted molar refractivity (Wildman–Crippen MR) is 70.5 cm³/mol. The summed E-state index contributed by atoms with van der Waals surface area (Å²) in [6.45, 7) is 9.61. The second-order valence-electron chi connectivity index (χ2n) is 6.71. The molecule has 0 amide bonds. The molecular weight excluding hydrogens is 194 g/mol. The van der Waals surface area contributed by atoms with E-state index in [1.165, 1.54) is 32.1 Å². The van der Waals surface area contributed by atoms with Crippen LogP contribution in [0.5, 0.6) is 0 Å². The summed E-state index contributed by atoms with van der Waals surface area (Å²) in [5, 5.41) is 3.92. The summed E-state index contributed by atoms with van der Waals surface area (Å²) in [6, 6.07) is 1.65. The van der Waals surface area contributed by atoms with Gasteiger partial charge in [0, 0.05) is 12.1 Å². The molecule has 0 spiro atoms. The van der Waals surface area contributed by atoms with Crippen molar-refractivity contribution in [3.8, 4) is 0 Å². The first-order valence-electron chi connectivity index (χ1n) is 7.34. The van der Waals surface area contributed by atoms with Crippen LogP contribution in [-0.4, -0.2) is 12.1 Å². The average molecular weight is 223 g/mol. The van der Waals surface area contributed by atoms with Gasteiger partial charge in [-0.2, -0.15) is 0 Å². The van der Waals surface area contributed by atoms with E-state index in [4.69, 9.17) is 0 Å². The van der Waals surface area contributed by atoms with Gasteiger partial charge in [0.1, 0.15) is 0 Å². The molecule has 1 N–H and O–H groups in total. The number of rotatable bonds is 3. The van der Waals surface area contributed by atoms with E-state index < -0.39 is 0 Å². The zero-order valence-electron chi connectivity index (χ0n) is 11.5. The Morgan fingerprint density at radius 1 is 1.06 bits per heavy atom. The maximum Gasteiger partial charge on any atom is 0.00978 e. The van der Waals surface area contributed by atoms with Crippen molar-refractivity contribution < 1.29 is 0 Å². The van der Waals surface area contributed by atoms with Crippen molar-refractivity contribution in [1.82, 2.24) is 5.32 Å². The summed E-state index contributed by atoms with van der Waals surface area (Å²) in [5.41, 5.74) is 0. The first-order valence-corrected chi connectivity index (χ1v) is 7.34. The molecular formula is C15H29N. The van der Waals surface area contributed by atoms with E-state index in [0.29, 0.717) is 0 Å². The van der Waals surface area contributed by atoms with Crippen LogP contribution >= 0.6 is 0 Å². The number of hydrogen-bond acceptors (Lipinski definition) is 1. The molecule has 3 unspecified atom stereocenters. The van der Waals surface area contributed by atoms with Crippen molar-refractivity contribution in [2.45, 2.75) is 71.9 Å². The van der Waals surface area contributed by atoms with Gasteiger partial charge in [-0.25, -0.2) is 0 Å². The topological polar surface area (TPSA) is 12.0 Å². The first kappa shape index (κ1) is 12.4. The monoisotopic (exact) mass is 223 g/mol. The molecule has 0 heterocycles. The van der Waals surface area contributed by atoms with Crippen LogP contribution in [0.1, 0.15) is 59.8 Å². The quantitative estimate of drug-likeness (QED) is 0.766. The largest absolute Gasteiger partial charge is 0.311 e. The van der Waals surface area contributed by atoms with Crippen LogP contribution in [-0.2, 0) is 0 Å². The summed E-state index contributed by atoms with van der Waals surface area (Å²) in [4.78, 5) is 0. The Hall–Kier alpha value is -0.0400. The van der Waals surface area contributed by atoms with Crippen LogP contribution in [0.2, 0.25) is 0 Å². The molecule has 0 aromatic carbocycles. The van der Waals surface area contributed by atoms with Crippen molar-refractivity contribution in [2.24, 2.45) is 23.7 Å². The highest BCUT2D eigenvalue weighted by Gasteiger charge is 2.35. The Morgan fingerprint density at radius 3 is 2.38 bits per heavy atom. The van der Waals surface area contributed by atoms with Crippen molar-refractivity contribution >= 4 is 0 Å². The van der Waals surface area contributed by atoms with Crippen molar-refractivity contribution in [3.05, 3.63) is 0 Å². The fourth-order valence-corrected chi connectivity index (χ4v) is 3.46. The molecule has 1 nitrogen and oxygen atoms in total. The lowest BCUT2D eigenvalue weighted by Crippen LogP contribution is -2.51. The lowest BCUT2D eigenvalue weighted by molar-refractivity contribution is 0.119. The minimum absolute atomic E-state index is 0.807. The van der Waals surface area contributed by atoms with Crippen molar-refractivity contribution in [3.63, 3.8) is 0 Å². The third kappa shape index (κ3) is 2.61. The summed E-state index contributed by atoms with van der Waals surface area (Å²) in [5.74, 6) is 3.69. The molecule has 0 bridgehead atoms. The summed E-state index contributed by atoms with van der Waals surface area (Å²) in [6.07, 6.45) is 7.14. The summed E-state index contributed by atoms with van der Waals surface area (Å²) >= 11 is 0. The second kappa shape index (κ2) is 5.08.